The van der Waals surface area contributed by atoms with Crippen molar-refractivity contribution in [1.82, 2.24) is 14.7 Å². The van der Waals surface area contributed by atoms with E-state index >= 15 is 0 Å². The first-order valence-corrected chi connectivity index (χ1v) is 10.8. The minimum atomic E-state index is -0.0607. The van der Waals surface area contributed by atoms with E-state index in [-0.39, 0.29) is 17.2 Å². The molecule has 1 aromatic rings. The van der Waals surface area contributed by atoms with E-state index in [1.165, 1.54) is 6.42 Å². The number of hydrogen-bond donors (Lipinski definition) is 0. The number of rotatable bonds is 5. The maximum atomic E-state index is 13.2. The summed E-state index contributed by atoms with van der Waals surface area (Å²) in [5.74, 6) is 1.43. The summed E-state index contributed by atoms with van der Waals surface area (Å²) in [5.41, 5.74) is 0.521. The fraction of sp³-hybridized carbons (Fsp3) is 0.636. The molecule has 0 radical (unpaired) electrons. The average Bonchev–Trinajstić information content (AvgIpc) is 3.12. The summed E-state index contributed by atoms with van der Waals surface area (Å²) in [5, 5.41) is 0.443. The summed E-state index contributed by atoms with van der Waals surface area (Å²) >= 11 is 6.23. The highest BCUT2D eigenvalue weighted by Gasteiger charge is 2.55. The van der Waals surface area contributed by atoms with Crippen molar-refractivity contribution in [3.63, 3.8) is 0 Å². The number of methoxy groups -OCH3 is 1. The standard InChI is InChI=1S/C22H30ClN3O3/c1-24(2)12-22-13-25(20(27)15-5-4-6-15)10-17(22)11-26(14-22)21(28)16-7-8-19(29-3)18(23)9-16/h7-9,15,17H,4-6,10-14H2,1-3H3. The zero-order valence-corrected chi connectivity index (χ0v) is 18.2. The van der Waals surface area contributed by atoms with Crippen molar-refractivity contribution >= 4 is 23.4 Å². The quantitative estimate of drug-likeness (QED) is 0.736. The van der Waals surface area contributed by atoms with E-state index in [1.54, 1.807) is 25.3 Å². The first kappa shape index (κ1) is 20.5. The van der Waals surface area contributed by atoms with Gasteiger partial charge in [-0.3, -0.25) is 9.59 Å². The van der Waals surface area contributed by atoms with Crippen LogP contribution in [0.15, 0.2) is 18.2 Å². The Morgan fingerprint density at radius 3 is 2.48 bits per heavy atom. The monoisotopic (exact) mass is 419 g/mol. The van der Waals surface area contributed by atoms with Crippen LogP contribution in [0.3, 0.4) is 0 Å². The van der Waals surface area contributed by atoms with E-state index in [1.807, 2.05) is 4.90 Å². The van der Waals surface area contributed by atoms with Crippen LogP contribution in [0.1, 0.15) is 29.6 Å². The first-order chi connectivity index (χ1) is 13.8. The first-order valence-electron chi connectivity index (χ1n) is 10.4. The Balaban J connectivity index is 1.51. The summed E-state index contributed by atoms with van der Waals surface area (Å²) < 4.78 is 5.19. The fourth-order valence-corrected chi connectivity index (χ4v) is 5.51. The topological polar surface area (TPSA) is 53.1 Å². The Kier molecular flexibility index (Phi) is 5.51. The molecule has 6 nitrogen and oxygen atoms in total. The van der Waals surface area contributed by atoms with Gasteiger partial charge in [0.2, 0.25) is 5.91 Å². The Morgan fingerprint density at radius 1 is 1.21 bits per heavy atom. The number of ether oxygens (including phenoxy) is 1. The van der Waals surface area contributed by atoms with Crippen molar-refractivity contribution in [3.8, 4) is 5.75 Å². The molecule has 2 atom stereocenters. The Bertz CT molecular complexity index is 810. The summed E-state index contributed by atoms with van der Waals surface area (Å²) in [6.07, 6.45) is 3.23. The molecule has 2 heterocycles. The molecule has 2 saturated heterocycles. The number of carbonyl (C=O) groups is 2. The van der Waals surface area contributed by atoms with Gasteiger partial charge in [-0.15, -0.1) is 0 Å². The van der Waals surface area contributed by atoms with Crippen LogP contribution in [-0.4, -0.2) is 80.4 Å². The maximum Gasteiger partial charge on any atom is 0.253 e. The van der Waals surface area contributed by atoms with Crippen molar-refractivity contribution in [2.45, 2.75) is 19.3 Å². The van der Waals surface area contributed by atoms with Crippen molar-refractivity contribution in [1.29, 1.82) is 0 Å². The van der Waals surface area contributed by atoms with Gasteiger partial charge in [0, 0.05) is 55.5 Å². The lowest BCUT2D eigenvalue weighted by molar-refractivity contribution is -0.137. The van der Waals surface area contributed by atoms with Gasteiger partial charge in [-0.1, -0.05) is 18.0 Å². The van der Waals surface area contributed by atoms with Crippen LogP contribution in [0.2, 0.25) is 5.02 Å². The normalized spacial score (nSPS) is 26.6. The third-order valence-electron chi connectivity index (χ3n) is 6.84. The smallest absolute Gasteiger partial charge is 0.253 e. The summed E-state index contributed by atoms with van der Waals surface area (Å²) in [6.45, 7) is 3.74. The van der Waals surface area contributed by atoms with Gasteiger partial charge in [-0.25, -0.2) is 0 Å². The molecule has 0 bridgehead atoms. The van der Waals surface area contributed by atoms with Crippen LogP contribution in [0.5, 0.6) is 5.75 Å². The molecule has 1 aromatic carbocycles. The van der Waals surface area contributed by atoms with Crippen molar-refractivity contribution in [2.24, 2.45) is 17.3 Å². The molecular formula is C22H30ClN3O3. The Labute approximate surface area is 177 Å². The van der Waals surface area contributed by atoms with Gasteiger partial charge in [-0.2, -0.15) is 0 Å². The predicted octanol–water partition coefficient (Wildman–Crippen LogP) is 2.61. The van der Waals surface area contributed by atoms with Crippen LogP contribution in [0.25, 0.3) is 0 Å². The van der Waals surface area contributed by atoms with Crippen LogP contribution in [0.4, 0.5) is 0 Å². The molecule has 1 aliphatic carbocycles. The Morgan fingerprint density at radius 2 is 1.90 bits per heavy atom. The molecular weight excluding hydrogens is 390 g/mol. The number of hydrogen-bond acceptors (Lipinski definition) is 4. The van der Waals surface area contributed by atoms with Gasteiger partial charge in [0.05, 0.1) is 12.1 Å². The van der Waals surface area contributed by atoms with Gasteiger partial charge >= 0.3 is 0 Å². The summed E-state index contributed by atoms with van der Waals surface area (Å²) in [6, 6.07) is 5.19. The molecule has 29 heavy (non-hydrogen) atoms. The van der Waals surface area contributed by atoms with Crippen molar-refractivity contribution in [3.05, 3.63) is 28.8 Å². The number of amides is 2. The third kappa shape index (κ3) is 3.73. The van der Waals surface area contributed by atoms with Crippen LogP contribution >= 0.6 is 11.6 Å². The zero-order chi connectivity index (χ0) is 20.8. The lowest BCUT2D eigenvalue weighted by Crippen LogP contribution is -2.45. The lowest BCUT2D eigenvalue weighted by Gasteiger charge is -2.34. The molecule has 2 unspecified atom stereocenters. The number of carbonyl (C=O) groups excluding carboxylic acids is 2. The van der Waals surface area contributed by atoms with E-state index < -0.39 is 0 Å². The summed E-state index contributed by atoms with van der Waals surface area (Å²) in [4.78, 5) is 32.2. The van der Waals surface area contributed by atoms with Crippen LogP contribution < -0.4 is 4.74 Å². The molecule has 0 N–H and O–H groups in total. The zero-order valence-electron chi connectivity index (χ0n) is 17.5. The van der Waals surface area contributed by atoms with E-state index in [0.29, 0.717) is 41.3 Å². The van der Waals surface area contributed by atoms with Crippen molar-refractivity contribution in [2.75, 3.05) is 53.9 Å². The average molecular weight is 420 g/mol. The van der Waals surface area contributed by atoms with Gasteiger partial charge in [0.15, 0.2) is 0 Å². The highest BCUT2D eigenvalue weighted by atomic mass is 35.5. The number of halogens is 1. The second kappa shape index (κ2) is 7.80. The van der Waals surface area contributed by atoms with Gasteiger partial charge in [-0.05, 0) is 45.1 Å². The lowest BCUT2D eigenvalue weighted by atomic mass is 9.80. The highest BCUT2D eigenvalue weighted by Crippen LogP contribution is 2.45. The van der Waals surface area contributed by atoms with Crippen LogP contribution in [0, 0.1) is 17.3 Å². The summed E-state index contributed by atoms with van der Waals surface area (Å²) in [7, 11) is 5.69. The highest BCUT2D eigenvalue weighted by molar-refractivity contribution is 6.32. The molecule has 2 aliphatic heterocycles. The van der Waals surface area contributed by atoms with Crippen LogP contribution in [-0.2, 0) is 4.79 Å². The van der Waals surface area contributed by atoms with Gasteiger partial charge in [0.25, 0.3) is 5.91 Å². The molecule has 3 aliphatic rings. The molecule has 158 valence electrons. The van der Waals surface area contributed by atoms with Crippen molar-refractivity contribution < 1.29 is 14.3 Å². The fourth-order valence-electron chi connectivity index (χ4n) is 5.25. The second-order valence-electron chi connectivity index (χ2n) is 9.18. The second-order valence-corrected chi connectivity index (χ2v) is 9.59. The van der Waals surface area contributed by atoms with Gasteiger partial charge < -0.3 is 19.4 Å². The molecule has 4 rings (SSSR count). The minimum Gasteiger partial charge on any atom is -0.495 e. The van der Waals surface area contributed by atoms with E-state index in [2.05, 4.69) is 23.9 Å². The van der Waals surface area contributed by atoms with E-state index in [4.69, 9.17) is 16.3 Å². The number of likely N-dealkylation sites (tertiary alicyclic amines) is 2. The molecule has 7 heteroatoms. The van der Waals surface area contributed by atoms with Gasteiger partial charge in [0.1, 0.15) is 5.75 Å². The molecule has 1 saturated carbocycles. The number of nitrogens with zero attached hydrogens (tertiary/aromatic N) is 3. The molecule has 2 amide bonds. The van der Waals surface area contributed by atoms with E-state index in [9.17, 15) is 9.59 Å². The molecule has 3 fully saturated rings. The largest absolute Gasteiger partial charge is 0.495 e. The molecule has 0 aromatic heterocycles. The minimum absolute atomic E-state index is 0.000969. The predicted molar refractivity (Wildman–Crippen MR) is 112 cm³/mol. The Hall–Kier alpha value is -1.79. The van der Waals surface area contributed by atoms with E-state index in [0.717, 1.165) is 32.5 Å². The SMILES string of the molecule is COc1ccc(C(=O)N2CC3CN(C(=O)C4CCC4)CC3(CN(C)C)C2)cc1Cl. The maximum absolute atomic E-state index is 13.2. The number of benzene rings is 1. The molecule has 0 spiro atoms. The third-order valence-corrected chi connectivity index (χ3v) is 7.14. The number of fused-ring (bicyclic) bond motifs is 1.